The lowest BCUT2D eigenvalue weighted by Gasteiger charge is -2.11. The van der Waals surface area contributed by atoms with Gasteiger partial charge in [0.1, 0.15) is 11.5 Å². The Morgan fingerprint density at radius 3 is 2.33 bits per heavy atom. The smallest absolute Gasteiger partial charge is 0.224 e. The fourth-order valence-corrected chi connectivity index (χ4v) is 2.26. The molecule has 24 heavy (non-hydrogen) atoms. The van der Waals surface area contributed by atoms with E-state index in [4.69, 9.17) is 21.1 Å². The van der Waals surface area contributed by atoms with Crippen LogP contribution >= 0.6 is 11.6 Å². The molecular weight excluding hydrogens is 330 g/mol. The Bertz CT molecular complexity index is 728. The van der Waals surface area contributed by atoms with Crippen molar-refractivity contribution in [2.24, 2.45) is 0 Å². The fourth-order valence-electron chi connectivity index (χ4n) is 2.13. The Kier molecular flexibility index (Phi) is 6.21. The summed E-state index contributed by atoms with van der Waals surface area (Å²) >= 11 is 5.79. The minimum absolute atomic E-state index is 0.0713. The molecule has 0 saturated heterocycles. The quantitative estimate of drug-likeness (QED) is 0.770. The monoisotopic (exact) mass is 347 g/mol. The van der Waals surface area contributed by atoms with E-state index in [0.717, 1.165) is 0 Å². The fraction of sp³-hybridized carbons (Fsp3) is 0.222. The van der Waals surface area contributed by atoms with Gasteiger partial charge in [-0.1, -0.05) is 11.6 Å². The van der Waals surface area contributed by atoms with Gasteiger partial charge in [0.05, 0.1) is 19.9 Å². The first-order valence-electron chi connectivity index (χ1n) is 7.34. The van der Waals surface area contributed by atoms with Gasteiger partial charge in [-0.15, -0.1) is 0 Å². The predicted octanol–water partition coefficient (Wildman–Crippen LogP) is 3.96. The number of Topliss-reactive ketones (excluding diaryl/α,β-unsaturated/α-hetero) is 1. The highest BCUT2D eigenvalue weighted by atomic mass is 35.5. The number of hydrogen-bond acceptors (Lipinski definition) is 4. The number of hydrogen-bond donors (Lipinski definition) is 1. The van der Waals surface area contributed by atoms with Crippen molar-refractivity contribution in [3.05, 3.63) is 53.1 Å². The lowest BCUT2D eigenvalue weighted by Crippen LogP contribution is -2.14. The number of halogens is 1. The Morgan fingerprint density at radius 1 is 1.00 bits per heavy atom. The van der Waals surface area contributed by atoms with E-state index in [-0.39, 0.29) is 24.5 Å². The zero-order valence-electron chi connectivity index (χ0n) is 13.5. The van der Waals surface area contributed by atoms with Crippen molar-refractivity contribution in [3.8, 4) is 11.5 Å². The van der Waals surface area contributed by atoms with Crippen molar-refractivity contribution < 1.29 is 19.1 Å². The summed E-state index contributed by atoms with van der Waals surface area (Å²) in [4.78, 5) is 24.2. The van der Waals surface area contributed by atoms with Crippen molar-refractivity contribution in [2.75, 3.05) is 19.5 Å². The van der Waals surface area contributed by atoms with Crippen LogP contribution in [0.3, 0.4) is 0 Å². The summed E-state index contributed by atoms with van der Waals surface area (Å²) in [6.45, 7) is 0. The molecule has 0 aliphatic heterocycles. The molecule has 0 unspecified atom stereocenters. The van der Waals surface area contributed by atoms with E-state index in [0.29, 0.717) is 27.8 Å². The van der Waals surface area contributed by atoms with Crippen LogP contribution in [0.15, 0.2) is 42.5 Å². The molecular formula is C18H18ClNO4. The van der Waals surface area contributed by atoms with E-state index in [1.165, 1.54) is 14.2 Å². The molecule has 2 aromatic rings. The molecule has 6 heteroatoms. The van der Waals surface area contributed by atoms with Gasteiger partial charge in [-0.25, -0.2) is 0 Å². The standard InChI is InChI=1S/C18H18ClNO4/c1-23-14-7-9-17(24-2)15(11-14)20-18(22)10-8-16(21)12-3-5-13(19)6-4-12/h3-7,9,11H,8,10H2,1-2H3,(H,20,22). The van der Waals surface area contributed by atoms with Gasteiger partial charge in [-0.2, -0.15) is 0 Å². The molecule has 1 amide bonds. The zero-order valence-corrected chi connectivity index (χ0v) is 14.2. The molecule has 0 spiro atoms. The van der Waals surface area contributed by atoms with Crippen molar-refractivity contribution in [3.63, 3.8) is 0 Å². The maximum Gasteiger partial charge on any atom is 0.224 e. The van der Waals surface area contributed by atoms with Gasteiger partial charge < -0.3 is 14.8 Å². The molecule has 0 radical (unpaired) electrons. The number of carbonyl (C=O) groups is 2. The topological polar surface area (TPSA) is 64.6 Å². The second-order valence-corrected chi connectivity index (χ2v) is 5.48. The van der Waals surface area contributed by atoms with Gasteiger partial charge in [-0.3, -0.25) is 9.59 Å². The highest BCUT2D eigenvalue weighted by Crippen LogP contribution is 2.29. The molecule has 0 aliphatic rings. The first-order valence-corrected chi connectivity index (χ1v) is 7.72. The van der Waals surface area contributed by atoms with Crippen molar-refractivity contribution in [2.45, 2.75) is 12.8 Å². The lowest BCUT2D eigenvalue weighted by atomic mass is 10.1. The third kappa shape index (κ3) is 4.73. The number of methoxy groups -OCH3 is 2. The zero-order chi connectivity index (χ0) is 17.5. The van der Waals surface area contributed by atoms with Crippen LogP contribution in [0.25, 0.3) is 0 Å². The molecule has 0 saturated carbocycles. The average Bonchev–Trinajstić information content (AvgIpc) is 2.60. The third-order valence-corrected chi connectivity index (χ3v) is 3.68. The number of ether oxygens (including phenoxy) is 2. The van der Waals surface area contributed by atoms with E-state index < -0.39 is 0 Å². The van der Waals surface area contributed by atoms with Crippen LogP contribution in [0, 0.1) is 0 Å². The van der Waals surface area contributed by atoms with E-state index >= 15 is 0 Å². The maximum atomic E-state index is 12.1. The third-order valence-electron chi connectivity index (χ3n) is 3.43. The van der Waals surface area contributed by atoms with Crippen LogP contribution < -0.4 is 14.8 Å². The number of anilines is 1. The summed E-state index contributed by atoms with van der Waals surface area (Å²) in [6, 6.07) is 11.7. The normalized spacial score (nSPS) is 10.1. The van der Waals surface area contributed by atoms with Crippen LogP contribution in [0.2, 0.25) is 5.02 Å². The van der Waals surface area contributed by atoms with E-state index in [1.807, 2.05) is 0 Å². The van der Waals surface area contributed by atoms with Crippen molar-refractivity contribution in [1.29, 1.82) is 0 Å². The first-order chi connectivity index (χ1) is 11.5. The van der Waals surface area contributed by atoms with Crippen LogP contribution in [0.4, 0.5) is 5.69 Å². The SMILES string of the molecule is COc1ccc(OC)c(NC(=O)CCC(=O)c2ccc(Cl)cc2)c1. The number of benzene rings is 2. The molecule has 0 aliphatic carbocycles. The number of nitrogens with one attached hydrogen (secondary N) is 1. The highest BCUT2D eigenvalue weighted by Gasteiger charge is 2.12. The molecule has 126 valence electrons. The molecule has 1 N–H and O–H groups in total. The molecule has 2 rings (SSSR count). The van der Waals surface area contributed by atoms with Crippen molar-refractivity contribution >= 4 is 29.0 Å². The summed E-state index contributed by atoms with van der Waals surface area (Å²) in [6.07, 6.45) is 0.182. The first kappa shape index (κ1) is 17.8. The predicted molar refractivity (Wildman–Crippen MR) is 93.2 cm³/mol. The van der Waals surface area contributed by atoms with Crippen LogP contribution in [-0.2, 0) is 4.79 Å². The van der Waals surface area contributed by atoms with Crippen LogP contribution in [-0.4, -0.2) is 25.9 Å². The molecule has 0 aromatic heterocycles. The molecule has 0 heterocycles. The number of carbonyl (C=O) groups excluding carboxylic acids is 2. The Hall–Kier alpha value is -2.53. The van der Waals surface area contributed by atoms with Crippen LogP contribution in [0.5, 0.6) is 11.5 Å². The van der Waals surface area contributed by atoms with Gasteiger partial charge in [0.2, 0.25) is 5.91 Å². The minimum Gasteiger partial charge on any atom is -0.497 e. The van der Waals surface area contributed by atoms with Gasteiger partial charge in [-0.05, 0) is 36.4 Å². The number of ketones is 1. The van der Waals surface area contributed by atoms with Crippen molar-refractivity contribution in [1.82, 2.24) is 0 Å². The second-order valence-electron chi connectivity index (χ2n) is 5.04. The Labute approximate surface area is 145 Å². The van der Waals surface area contributed by atoms with E-state index in [2.05, 4.69) is 5.32 Å². The summed E-state index contributed by atoms with van der Waals surface area (Å²) in [5.74, 6) is 0.736. The number of amides is 1. The summed E-state index contributed by atoms with van der Waals surface area (Å²) in [5, 5.41) is 3.30. The summed E-state index contributed by atoms with van der Waals surface area (Å²) < 4.78 is 10.3. The molecule has 0 fully saturated rings. The second kappa shape index (κ2) is 8.36. The summed E-state index contributed by atoms with van der Waals surface area (Å²) in [5.41, 5.74) is 1.03. The lowest BCUT2D eigenvalue weighted by molar-refractivity contribution is -0.116. The number of rotatable bonds is 7. The minimum atomic E-state index is -0.274. The van der Waals surface area contributed by atoms with Gasteiger partial charge in [0, 0.05) is 29.5 Å². The highest BCUT2D eigenvalue weighted by molar-refractivity contribution is 6.30. The largest absolute Gasteiger partial charge is 0.497 e. The van der Waals surface area contributed by atoms with E-state index in [1.54, 1.807) is 42.5 Å². The Balaban J connectivity index is 1.96. The van der Waals surface area contributed by atoms with Gasteiger partial charge in [0.15, 0.2) is 5.78 Å². The molecule has 0 bridgehead atoms. The molecule has 2 aromatic carbocycles. The van der Waals surface area contributed by atoms with E-state index in [9.17, 15) is 9.59 Å². The summed E-state index contributed by atoms with van der Waals surface area (Å²) in [7, 11) is 3.06. The molecule has 5 nitrogen and oxygen atoms in total. The molecule has 0 atom stereocenters. The van der Waals surface area contributed by atoms with Gasteiger partial charge in [0.25, 0.3) is 0 Å². The maximum absolute atomic E-state index is 12.1. The van der Waals surface area contributed by atoms with Gasteiger partial charge >= 0.3 is 0 Å². The van der Waals surface area contributed by atoms with Crippen LogP contribution in [0.1, 0.15) is 23.2 Å². The average molecular weight is 348 g/mol. The Morgan fingerprint density at radius 2 is 1.71 bits per heavy atom.